The third-order valence-electron chi connectivity index (χ3n) is 5.12. The van der Waals surface area contributed by atoms with Crippen molar-refractivity contribution in [2.24, 2.45) is 5.41 Å². The number of piperidine rings is 1. The molecule has 2 amide bonds. The Hall–Kier alpha value is -2.11. The molecule has 2 saturated heterocycles. The number of likely N-dealkylation sites (tertiary alicyclic amines) is 2. The summed E-state index contributed by atoms with van der Waals surface area (Å²) in [6, 6.07) is 4.85. The number of carbonyl (C=O) groups excluding carboxylic acids is 2. The number of hydrogen-bond donors (Lipinski definition) is 0. The quantitative estimate of drug-likeness (QED) is 0.825. The minimum atomic E-state index is -0.397. The molecule has 3 rings (SSSR count). The highest BCUT2D eigenvalue weighted by molar-refractivity contribution is 5.86. The van der Waals surface area contributed by atoms with Gasteiger partial charge < -0.3 is 14.4 Å². The molecule has 0 aromatic carbocycles. The molecule has 0 N–H and O–H groups in total. The second kappa shape index (κ2) is 6.18. The number of amides is 2. The van der Waals surface area contributed by atoms with Gasteiger partial charge in [-0.25, -0.2) is 0 Å². The van der Waals surface area contributed by atoms with E-state index in [2.05, 4.69) is 0 Å². The van der Waals surface area contributed by atoms with Crippen molar-refractivity contribution in [3.63, 3.8) is 0 Å². The van der Waals surface area contributed by atoms with Crippen LogP contribution in [0.1, 0.15) is 26.2 Å². The van der Waals surface area contributed by atoms with Gasteiger partial charge in [-0.1, -0.05) is 6.07 Å². The molecule has 0 saturated carbocycles. The van der Waals surface area contributed by atoms with Crippen LogP contribution in [0.2, 0.25) is 0 Å². The van der Waals surface area contributed by atoms with Crippen molar-refractivity contribution in [1.29, 1.82) is 0 Å². The van der Waals surface area contributed by atoms with E-state index in [-0.39, 0.29) is 23.9 Å². The first-order valence-corrected chi connectivity index (χ1v) is 8.28. The van der Waals surface area contributed by atoms with Crippen molar-refractivity contribution < 1.29 is 9.59 Å². The SMILES string of the molecule is CCN1CCCC2(CCN(C(=O)Cn3ccccc3=O)C2)C1=O. The highest BCUT2D eigenvalue weighted by Crippen LogP contribution is 2.40. The zero-order valence-corrected chi connectivity index (χ0v) is 13.5. The maximum atomic E-state index is 12.7. The fraction of sp³-hybridized carbons (Fsp3) is 0.588. The lowest BCUT2D eigenvalue weighted by molar-refractivity contribution is -0.145. The Kier molecular flexibility index (Phi) is 4.24. The molecule has 0 radical (unpaired) electrons. The van der Waals surface area contributed by atoms with Crippen LogP contribution in [0.5, 0.6) is 0 Å². The van der Waals surface area contributed by atoms with E-state index in [9.17, 15) is 14.4 Å². The molecule has 2 fully saturated rings. The van der Waals surface area contributed by atoms with E-state index in [0.717, 1.165) is 32.4 Å². The second-order valence-corrected chi connectivity index (χ2v) is 6.50. The van der Waals surface area contributed by atoms with E-state index in [1.165, 1.54) is 10.6 Å². The molecule has 0 bridgehead atoms. The summed E-state index contributed by atoms with van der Waals surface area (Å²) in [5.74, 6) is 0.107. The first kappa shape index (κ1) is 15.8. The van der Waals surface area contributed by atoms with Crippen LogP contribution in [-0.4, -0.2) is 52.4 Å². The van der Waals surface area contributed by atoms with Gasteiger partial charge in [-0.3, -0.25) is 14.4 Å². The van der Waals surface area contributed by atoms with Crippen LogP contribution >= 0.6 is 0 Å². The van der Waals surface area contributed by atoms with E-state index in [1.54, 1.807) is 23.2 Å². The molecule has 1 unspecified atom stereocenters. The molecule has 6 heteroatoms. The lowest BCUT2D eigenvalue weighted by atomic mass is 9.78. The summed E-state index contributed by atoms with van der Waals surface area (Å²) in [6.45, 7) is 4.68. The van der Waals surface area contributed by atoms with Gasteiger partial charge in [0.25, 0.3) is 5.56 Å². The maximum Gasteiger partial charge on any atom is 0.250 e. The van der Waals surface area contributed by atoms with E-state index < -0.39 is 5.41 Å². The average Bonchev–Trinajstić information content (AvgIpc) is 2.98. The van der Waals surface area contributed by atoms with Crippen LogP contribution in [0.15, 0.2) is 29.2 Å². The van der Waals surface area contributed by atoms with Gasteiger partial charge in [0, 0.05) is 38.4 Å². The van der Waals surface area contributed by atoms with Crippen LogP contribution < -0.4 is 5.56 Å². The molecule has 1 atom stereocenters. The Labute approximate surface area is 135 Å². The maximum absolute atomic E-state index is 12.7. The van der Waals surface area contributed by atoms with Gasteiger partial charge in [0.1, 0.15) is 6.54 Å². The minimum Gasteiger partial charge on any atom is -0.342 e. The van der Waals surface area contributed by atoms with E-state index in [1.807, 2.05) is 11.8 Å². The van der Waals surface area contributed by atoms with Gasteiger partial charge in [-0.05, 0) is 32.3 Å². The molecule has 1 spiro atoms. The van der Waals surface area contributed by atoms with Crippen molar-refractivity contribution in [3.8, 4) is 0 Å². The van der Waals surface area contributed by atoms with Crippen molar-refractivity contribution in [2.75, 3.05) is 26.2 Å². The van der Waals surface area contributed by atoms with Gasteiger partial charge in [-0.15, -0.1) is 0 Å². The van der Waals surface area contributed by atoms with Crippen LogP contribution in [0.25, 0.3) is 0 Å². The van der Waals surface area contributed by atoms with Gasteiger partial charge in [0.05, 0.1) is 5.41 Å². The molecule has 3 heterocycles. The molecule has 2 aliphatic heterocycles. The van der Waals surface area contributed by atoms with E-state index in [0.29, 0.717) is 13.1 Å². The van der Waals surface area contributed by atoms with Crippen molar-refractivity contribution in [3.05, 3.63) is 34.7 Å². The fourth-order valence-corrected chi connectivity index (χ4v) is 3.75. The Morgan fingerprint density at radius 2 is 2.04 bits per heavy atom. The summed E-state index contributed by atoms with van der Waals surface area (Å²) < 4.78 is 1.41. The van der Waals surface area contributed by atoms with Crippen molar-refractivity contribution in [2.45, 2.75) is 32.7 Å². The highest BCUT2D eigenvalue weighted by Gasteiger charge is 2.48. The number of hydrogen-bond acceptors (Lipinski definition) is 3. The summed E-state index contributed by atoms with van der Waals surface area (Å²) >= 11 is 0. The molecule has 0 aliphatic carbocycles. The van der Waals surface area contributed by atoms with Crippen LogP contribution in [0.3, 0.4) is 0 Å². The molecular formula is C17H23N3O3. The Bertz CT molecular complexity index is 669. The summed E-state index contributed by atoms with van der Waals surface area (Å²) in [5.41, 5.74) is -0.577. The number of rotatable bonds is 3. The molecule has 6 nitrogen and oxygen atoms in total. The van der Waals surface area contributed by atoms with E-state index >= 15 is 0 Å². The fourth-order valence-electron chi connectivity index (χ4n) is 3.75. The molecule has 1 aromatic heterocycles. The van der Waals surface area contributed by atoms with Gasteiger partial charge in [-0.2, -0.15) is 0 Å². The zero-order chi connectivity index (χ0) is 16.4. The van der Waals surface area contributed by atoms with Crippen molar-refractivity contribution in [1.82, 2.24) is 14.4 Å². The first-order valence-electron chi connectivity index (χ1n) is 8.28. The number of carbonyl (C=O) groups is 2. The lowest BCUT2D eigenvalue weighted by Crippen LogP contribution is -2.50. The summed E-state index contributed by atoms with van der Waals surface area (Å²) in [5, 5.41) is 0. The number of aromatic nitrogens is 1. The second-order valence-electron chi connectivity index (χ2n) is 6.50. The third-order valence-corrected chi connectivity index (χ3v) is 5.12. The number of nitrogens with zero attached hydrogens (tertiary/aromatic N) is 3. The molecule has 23 heavy (non-hydrogen) atoms. The Morgan fingerprint density at radius 3 is 2.78 bits per heavy atom. The predicted octanol–water partition coefficient (Wildman–Crippen LogP) is 0.709. The molecular weight excluding hydrogens is 294 g/mol. The largest absolute Gasteiger partial charge is 0.342 e. The Morgan fingerprint density at radius 1 is 1.22 bits per heavy atom. The van der Waals surface area contributed by atoms with Crippen LogP contribution in [0.4, 0.5) is 0 Å². The standard InChI is InChI=1S/C17H23N3O3/c1-2-18-10-5-7-17(16(18)23)8-11-20(13-17)15(22)12-19-9-4-3-6-14(19)21/h3-4,6,9H,2,5,7-8,10-13H2,1H3. The average molecular weight is 317 g/mol. The van der Waals surface area contributed by atoms with Crippen LogP contribution in [-0.2, 0) is 16.1 Å². The molecule has 124 valence electrons. The summed E-state index contributed by atoms with van der Waals surface area (Å²) in [6.07, 6.45) is 4.21. The molecule has 2 aliphatic rings. The highest BCUT2D eigenvalue weighted by atomic mass is 16.2. The van der Waals surface area contributed by atoms with Crippen LogP contribution in [0, 0.1) is 5.41 Å². The zero-order valence-electron chi connectivity index (χ0n) is 13.5. The first-order chi connectivity index (χ1) is 11.1. The minimum absolute atomic E-state index is 0.0431. The lowest BCUT2D eigenvalue weighted by Gasteiger charge is -2.38. The van der Waals surface area contributed by atoms with E-state index in [4.69, 9.17) is 0 Å². The number of pyridine rings is 1. The van der Waals surface area contributed by atoms with Crippen molar-refractivity contribution >= 4 is 11.8 Å². The Balaban J connectivity index is 1.70. The predicted molar refractivity (Wildman–Crippen MR) is 85.8 cm³/mol. The normalized spacial score (nSPS) is 24.5. The monoisotopic (exact) mass is 317 g/mol. The summed E-state index contributed by atoms with van der Waals surface area (Å²) in [4.78, 5) is 40.6. The topological polar surface area (TPSA) is 62.6 Å². The smallest absolute Gasteiger partial charge is 0.250 e. The van der Waals surface area contributed by atoms with Gasteiger partial charge in [0.15, 0.2) is 0 Å². The van der Waals surface area contributed by atoms with Gasteiger partial charge >= 0.3 is 0 Å². The summed E-state index contributed by atoms with van der Waals surface area (Å²) in [7, 11) is 0. The third kappa shape index (κ3) is 2.90. The van der Waals surface area contributed by atoms with Gasteiger partial charge in [0.2, 0.25) is 11.8 Å². The molecule has 1 aromatic rings.